The Bertz CT molecular complexity index is 542. The summed E-state index contributed by atoms with van der Waals surface area (Å²) in [5.74, 6) is 0.444. The van der Waals surface area contributed by atoms with E-state index in [9.17, 15) is 4.79 Å². The van der Waals surface area contributed by atoms with Crippen LogP contribution in [0.4, 0.5) is 0 Å². The SMILES string of the molecule is O=C(OCCOc1ccccc1)C(S)Cc1ccccc1. The Labute approximate surface area is 130 Å². The van der Waals surface area contributed by atoms with Crippen molar-refractivity contribution in [3.63, 3.8) is 0 Å². The Balaban J connectivity index is 1.67. The first-order valence-corrected chi connectivity index (χ1v) is 7.34. The molecular weight excluding hydrogens is 284 g/mol. The van der Waals surface area contributed by atoms with Crippen LogP contribution in [0.25, 0.3) is 0 Å². The van der Waals surface area contributed by atoms with Gasteiger partial charge in [0.25, 0.3) is 0 Å². The van der Waals surface area contributed by atoms with Crippen LogP contribution >= 0.6 is 12.6 Å². The second kappa shape index (κ2) is 8.37. The monoisotopic (exact) mass is 302 g/mol. The number of thiol groups is 1. The summed E-state index contributed by atoms with van der Waals surface area (Å²) >= 11 is 4.29. The van der Waals surface area contributed by atoms with Crippen molar-refractivity contribution in [2.45, 2.75) is 11.7 Å². The number of carbonyl (C=O) groups is 1. The molecule has 2 aromatic carbocycles. The highest BCUT2D eigenvalue weighted by atomic mass is 32.1. The average Bonchev–Trinajstić information content (AvgIpc) is 2.53. The van der Waals surface area contributed by atoms with Crippen LogP contribution in [0.1, 0.15) is 5.56 Å². The molecule has 0 saturated heterocycles. The molecule has 0 aromatic heterocycles. The molecule has 0 saturated carbocycles. The number of ether oxygens (including phenoxy) is 2. The van der Waals surface area contributed by atoms with E-state index in [0.29, 0.717) is 13.0 Å². The van der Waals surface area contributed by atoms with Crippen molar-refractivity contribution in [2.24, 2.45) is 0 Å². The van der Waals surface area contributed by atoms with Gasteiger partial charge in [-0.1, -0.05) is 48.5 Å². The number of hydrogen-bond donors (Lipinski definition) is 1. The van der Waals surface area contributed by atoms with Crippen molar-refractivity contribution in [1.29, 1.82) is 0 Å². The van der Waals surface area contributed by atoms with Gasteiger partial charge in [-0.25, -0.2) is 0 Å². The fraction of sp³-hybridized carbons (Fsp3) is 0.235. The summed E-state index contributed by atoms with van der Waals surface area (Å²) < 4.78 is 10.6. The minimum Gasteiger partial charge on any atom is -0.490 e. The van der Waals surface area contributed by atoms with Gasteiger partial charge in [-0.3, -0.25) is 4.79 Å². The maximum absolute atomic E-state index is 11.8. The lowest BCUT2D eigenvalue weighted by atomic mass is 10.1. The van der Waals surface area contributed by atoms with E-state index in [-0.39, 0.29) is 12.6 Å². The van der Waals surface area contributed by atoms with Crippen molar-refractivity contribution in [1.82, 2.24) is 0 Å². The molecule has 0 aliphatic heterocycles. The fourth-order valence-corrected chi connectivity index (χ4v) is 2.12. The predicted octanol–water partition coefficient (Wildman–Crippen LogP) is 3.15. The maximum Gasteiger partial charge on any atom is 0.319 e. The molecule has 0 heterocycles. The summed E-state index contributed by atoms with van der Waals surface area (Å²) in [5, 5.41) is -0.455. The number of hydrogen-bond acceptors (Lipinski definition) is 4. The standard InChI is InChI=1S/C17H18O3S/c18-17(16(21)13-14-7-3-1-4-8-14)20-12-11-19-15-9-5-2-6-10-15/h1-10,16,21H,11-13H2. The van der Waals surface area contributed by atoms with Crippen molar-refractivity contribution < 1.29 is 14.3 Å². The summed E-state index contributed by atoms with van der Waals surface area (Å²) in [6.07, 6.45) is 0.558. The third kappa shape index (κ3) is 5.52. The van der Waals surface area contributed by atoms with Crippen LogP contribution in [0.5, 0.6) is 5.75 Å². The Hall–Kier alpha value is -1.94. The Kier molecular flexibility index (Phi) is 6.16. The number of rotatable bonds is 7. The topological polar surface area (TPSA) is 35.5 Å². The molecule has 0 spiro atoms. The zero-order valence-electron chi connectivity index (χ0n) is 11.6. The molecule has 1 unspecified atom stereocenters. The van der Waals surface area contributed by atoms with Crippen LogP contribution in [0.3, 0.4) is 0 Å². The van der Waals surface area contributed by atoms with Gasteiger partial charge in [0.15, 0.2) is 0 Å². The van der Waals surface area contributed by atoms with Crippen LogP contribution in [0.15, 0.2) is 60.7 Å². The van der Waals surface area contributed by atoms with Gasteiger partial charge < -0.3 is 9.47 Å². The van der Waals surface area contributed by atoms with Gasteiger partial charge in [-0.15, -0.1) is 0 Å². The lowest BCUT2D eigenvalue weighted by Crippen LogP contribution is -2.22. The molecule has 0 fully saturated rings. The smallest absolute Gasteiger partial charge is 0.319 e. The molecule has 2 aromatic rings. The van der Waals surface area contributed by atoms with Gasteiger partial charge in [-0.05, 0) is 24.1 Å². The molecule has 110 valence electrons. The van der Waals surface area contributed by atoms with Crippen LogP contribution in [0.2, 0.25) is 0 Å². The molecule has 0 amide bonds. The first-order chi connectivity index (χ1) is 10.3. The largest absolute Gasteiger partial charge is 0.490 e. The predicted molar refractivity (Wildman–Crippen MR) is 85.8 cm³/mol. The van der Waals surface area contributed by atoms with Crippen LogP contribution < -0.4 is 4.74 Å². The number of carbonyl (C=O) groups excluding carboxylic acids is 1. The molecule has 0 bridgehead atoms. The van der Waals surface area contributed by atoms with E-state index >= 15 is 0 Å². The summed E-state index contributed by atoms with van der Waals surface area (Å²) in [6, 6.07) is 19.2. The van der Waals surface area contributed by atoms with E-state index in [4.69, 9.17) is 9.47 Å². The minimum absolute atomic E-state index is 0.222. The van der Waals surface area contributed by atoms with Crippen molar-refractivity contribution in [3.8, 4) is 5.75 Å². The van der Waals surface area contributed by atoms with Crippen molar-refractivity contribution in [2.75, 3.05) is 13.2 Å². The Morgan fingerprint density at radius 2 is 1.57 bits per heavy atom. The van der Waals surface area contributed by atoms with Gasteiger partial charge in [-0.2, -0.15) is 12.6 Å². The van der Waals surface area contributed by atoms with E-state index in [1.165, 1.54) is 0 Å². The van der Waals surface area contributed by atoms with Gasteiger partial charge in [0, 0.05) is 0 Å². The van der Waals surface area contributed by atoms with Crippen LogP contribution in [-0.4, -0.2) is 24.4 Å². The van der Waals surface area contributed by atoms with Crippen molar-refractivity contribution in [3.05, 3.63) is 66.2 Å². The van der Waals surface area contributed by atoms with E-state index in [1.807, 2.05) is 60.7 Å². The quantitative estimate of drug-likeness (QED) is 0.485. The third-order valence-corrected chi connectivity index (χ3v) is 3.28. The molecule has 0 radical (unpaired) electrons. The lowest BCUT2D eigenvalue weighted by Gasteiger charge is -2.11. The van der Waals surface area contributed by atoms with Gasteiger partial charge >= 0.3 is 5.97 Å². The minimum atomic E-state index is -0.455. The van der Waals surface area contributed by atoms with E-state index in [0.717, 1.165) is 11.3 Å². The highest BCUT2D eigenvalue weighted by Gasteiger charge is 2.15. The molecule has 3 nitrogen and oxygen atoms in total. The fourth-order valence-electron chi connectivity index (χ4n) is 1.84. The Morgan fingerprint density at radius 1 is 0.952 bits per heavy atom. The van der Waals surface area contributed by atoms with E-state index < -0.39 is 5.25 Å². The summed E-state index contributed by atoms with van der Waals surface area (Å²) in [4.78, 5) is 11.8. The van der Waals surface area contributed by atoms with Gasteiger partial charge in [0.1, 0.15) is 24.2 Å². The zero-order chi connectivity index (χ0) is 14.9. The molecular formula is C17H18O3S. The molecule has 0 aliphatic carbocycles. The van der Waals surface area contributed by atoms with Gasteiger partial charge in [0.2, 0.25) is 0 Å². The highest BCUT2D eigenvalue weighted by Crippen LogP contribution is 2.10. The number of benzene rings is 2. The van der Waals surface area contributed by atoms with E-state index in [1.54, 1.807) is 0 Å². The molecule has 4 heteroatoms. The normalized spacial score (nSPS) is 11.7. The second-order valence-corrected chi connectivity index (χ2v) is 5.16. The molecule has 2 rings (SSSR count). The number of esters is 1. The average molecular weight is 302 g/mol. The van der Waals surface area contributed by atoms with E-state index in [2.05, 4.69) is 12.6 Å². The molecule has 1 atom stereocenters. The van der Waals surface area contributed by atoms with Crippen LogP contribution in [0, 0.1) is 0 Å². The second-order valence-electron chi connectivity index (χ2n) is 4.53. The first-order valence-electron chi connectivity index (χ1n) is 6.82. The summed E-state index contributed by atoms with van der Waals surface area (Å²) in [5.41, 5.74) is 1.06. The third-order valence-electron chi connectivity index (χ3n) is 2.88. The van der Waals surface area contributed by atoms with Gasteiger partial charge in [0.05, 0.1) is 0 Å². The highest BCUT2D eigenvalue weighted by molar-refractivity contribution is 7.81. The Morgan fingerprint density at radius 3 is 2.24 bits per heavy atom. The number of para-hydroxylation sites is 1. The molecule has 0 aliphatic rings. The summed E-state index contributed by atoms with van der Waals surface area (Å²) in [7, 11) is 0. The molecule has 21 heavy (non-hydrogen) atoms. The molecule has 0 N–H and O–H groups in total. The lowest BCUT2D eigenvalue weighted by molar-refractivity contribution is -0.143. The summed E-state index contributed by atoms with van der Waals surface area (Å²) in [6.45, 7) is 0.557. The first kappa shape index (κ1) is 15.4. The van der Waals surface area contributed by atoms with Crippen molar-refractivity contribution >= 4 is 18.6 Å². The zero-order valence-corrected chi connectivity index (χ0v) is 12.5. The maximum atomic E-state index is 11.8. The van der Waals surface area contributed by atoms with Crippen LogP contribution in [-0.2, 0) is 16.0 Å².